The van der Waals surface area contributed by atoms with Crippen LogP contribution in [0.25, 0.3) is 5.69 Å². The highest BCUT2D eigenvalue weighted by Crippen LogP contribution is 2.33. The second-order valence-electron chi connectivity index (χ2n) is 7.95. The standard InChI is InChI=1S/C24H21ClN4O4/c25-22-19(15-26-29(23(22)31)16-6-2-1-3-7-16)27-10-12-28(13-11-27)21(30)14-20-17-8-4-5-9-18(17)24(32)33-20/h1-9,15,20H,10-14H2/t20-/m0/s1. The fourth-order valence-corrected chi connectivity index (χ4v) is 4.50. The molecule has 5 rings (SSSR count). The van der Waals surface area contributed by atoms with Gasteiger partial charge in [0.1, 0.15) is 11.1 Å². The molecule has 3 heterocycles. The van der Waals surface area contributed by atoms with Crippen molar-refractivity contribution in [2.75, 3.05) is 31.1 Å². The fourth-order valence-electron chi connectivity index (χ4n) is 4.25. The third kappa shape index (κ3) is 3.98. The molecular formula is C24H21ClN4O4. The topological polar surface area (TPSA) is 84.7 Å². The van der Waals surface area contributed by atoms with Gasteiger partial charge < -0.3 is 14.5 Å². The first kappa shape index (κ1) is 21.2. The van der Waals surface area contributed by atoms with E-state index in [-0.39, 0.29) is 28.9 Å². The highest BCUT2D eigenvalue weighted by molar-refractivity contribution is 6.33. The smallest absolute Gasteiger partial charge is 0.339 e. The molecule has 2 aliphatic rings. The number of amides is 1. The van der Waals surface area contributed by atoms with Crippen LogP contribution >= 0.6 is 11.6 Å². The predicted octanol–water partition coefficient (Wildman–Crippen LogP) is 2.84. The molecule has 2 aromatic carbocycles. The lowest BCUT2D eigenvalue weighted by Gasteiger charge is -2.36. The van der Waals surface area contributed by atoms with Gasteiger partial charge in [-0.05, 0) is 18.2 Å². The number of halogens is 1. The van der Waals surface area contributed by atoms with Crippen molar-refractivity contribution in [2.45, 2.75) is 12.5 Å². The number of carbonyl (C=O) groups is 2. The Morgan fingerprint density at radius 3 is 2.45 bits per heavy atom. The van der Waals surface area contributed by atoms with Crippen molar-refractivity contribution in [1.82, 2.24) is 14.7 Å². The van der Waals surface area contributed by atoms with E-state index in [1.54, 1.807) is 35.4 Å². The lowest BCUT2D eigenvalue weighted by Crippen LogP contribution is -2.49. The zero-order chi connectivity index (χ0) is 22.9. The number of nitrogens with zero attached hydrogens (tertiary/aromatic N) is 4. The molecule has 0 saturated carbocycles. The van der Waals surface area contributed by atoms with E-state index in [4.69, 9.17) is 16.3 Å². The molecule has 168 valence electrons. The summed E-state index contributed by atoms with van der Waals surface area (Å²) in [7, 11) is 0. The summed E-state index contributed by atoms with van der Waals surface area (Å²) < 4.78 is 6.67. The number of rotatable bonds is 4. The molecular weight excluding hydrogens is 444 g/mol. The maximum atomic E-state index is 12.9. The molecule has 1 fully saturated rings. The van der Waals surface area contributed by atoms with Gasteiger partial charge in [-0.3, -0.25) is 9.59 Å². The molecule has 1 atom stereocenters. The number of cyclic esters (lactones) is 1. The van der Waals surface area contributed by atoms with Crippen molar-refractivity contribution in [3.63, 3.8) is 0 Å². The van der Waals surface area contributed by atoms with Crippen molar-refractivity contribution in [3.8, 4) is 5.69 Å². The first-order valence-corrected chi connectivity index (χ1v) is 11.1. The summed E-state index contributed by atoms with van der Waals surface area (Å²) >= 11 is 6.41. The lowest BCUT2D eigenvalue weighted by molar-refractivity contribution is -0.133. The molecule has 8 nitrogen and oxygen atoms in total. The molecule has 3 aromatic rings. The van der Waals surface area contributed by atoms with Gasteiger partial charge in [-0.1, -0.05) is 48.0 Å². The predicted molar refractivity (Wildman–Crippen MR) is 123 cm³/mol. The molecule has 2 aliphatic heterocycles. The Morgan fingerprint density at radius 2 is 1.70 bits per heavy atom. The van der Waals surface area contributed by atoms with Gasteiger partial charge in [0.05, 0.1) is 29.6 Å². The van der Waals surface area contributed by atoms with Gasteiger partial charge in [0.2, 0.25) is 5.91 Å². The Labute approximate surface area is 194 Å². The maximum Gasteiger partial charge on any atom is 0.339 e. The van der Waals surface area contributed by atoms with Gasteiger partial charge in [-0.15, -0.1) is 0 Å². The summed E-state index contributed by atoms with van der Waals surface area (Å²) in [5.41, 5.74) is 2.08. The van der Waals surface area contributed by atoms with Crippen LogP contribution < -0.4 is 10.5 Å². The van der Waals surface area contributed by atoms with E-state index < -0.39 is 6.10 Å². The van der Waals surface area contributed by atoms with Gasteiger partial charge >= 0.3 is 5.97 Å². The highest BCUT2D eigenvalue weighted by atomic mass is 35.5. The molecule has 9 heteroatoms. The summed E-state index contributed by atoms with van der Waals surface area (Å²) in [5.74, 6) is -0.464. The Balaban J connectivity index is 1.24. The number of anilines is 1. The number of para-hydroxylation sites is 1. The summed E-state index contributed by atoms with van der Waals surface area (Å²) in [6.07, 6.45) is 1.14. The average molecular weight is 465 g/mol. The van der Waals surface area contributed by atoms with Crippen LogP contribution in [0.1, 0.15) is 28.4 Å². The maximum absolute atomic E-state index is 12.9. The number of ether oxygens (including phenoxy) is 1. The summed E-state index contributed by atoms with van der Waals surface area (Å²) in [6, 6.07) is 16.2. The Morgan fingerprint density at radius 1 is 1.00 bits per heavy atom. The van der Waals surface area contributed by atoms with Crippen LogP contribution in [-0.4, -0.2) is 52.7 Å². The minimum Gasteiger partial charge on any atom is -0.453 e. The summed E-state index contributed by atoms with van der Waals surface area (Å²) in [5, 5.41) is 4.38. The Hall–Kier alpha value is -3.65. The second kappa shape index (κ2) is 8.71. The Kier molecular flexibility index (Phi) is 5.60. The highest BCUT2D eigenvalue weighted by Gasteiger charge is 2.34. The number of benzene rings is 2. The van der Waals surface area contributed by atoms with Gasteiger partial charge in [0.15, 0.2) is 0 Å². The van der Waals surface area contributed by atoms with E-state index in [1.165, 1.54) is 4.68 Å². The number of esters is 1. The molecule has 1 saturated heterocycles. The van der Waals surface area contributed by atoms with Gasteiger partial charge in [0.25, 0.3) is 5.56 Å². The third-order valence-corrected chi connectivity index (χ3v) is 6.37. The van der Waals surface area contributed by atoms with E-state index in [0.29, 0.717) is 43.1 Å². The van der Waals surface area contributed by atoms with Crippen LogP contribution in [0, 0.1) is 0 Å². The van der Waals surface area contributed by atoms with E-state index in [9.17, 15) is 14.4 Å². The first-order chi connectivity index (χ1) is 16.0. The van der Waals surface area contributed by atoms with Crippen molar-refractivity contribution in [2.24, 2.45) is 0 Å². The van der Waals surface area contributed by atoms with Crippen LogP contribution in [0.15, 0.2) is 65.6 Å². The van der Waals surface area contributed by atoms with Crippen molar-refractivity contribution in [1.29, 1.82) is 0 Å². The Bertz CT molecular complexity index is 1270. The zero-order valence-corrected chi connectivity index (χ0v) is 18.4. The molecule has 0 radical (unpaired) electrons. The number of carbonyl (C=O) groups excluding carboxylic acids is 2. The molecule has 1 amide bonds. The number of piperazine rings is 1. The number of hydrogen-bond acceptors (Lipinski definition) is 6. The average Bonchev–Trinajstić information content (AvgIpc) is 3.17. The van der Waals surface area contributed by atoms with Crippen LogP contribution in [0.2, 0.25) is 5.02 Å². The first-order valence-electron chi connectivity index (χ1n) is 10.7. The molecule has 0 N–H and O–H groups in total. The van der Waals surface area contributed by atoms with Crippen molar-refractivity contribution in [3.05, 3.63) is 87.3 Å². The molecule has 0 spiro atoms. The van der Waals surface area contributed by atoms with Crippen molar-refractivity contribution >= 4 is 29.2 Å². The van der Waals surface area contributed by atoms with E-state index in [2.05, 4.69) is 5.10 Å². The molecule has 1 aromatic heterocycles. The summed E-state index contributed by atoms with van der Waals surface area (Å²) in [6.45, 7) is 1.98. The van der Waals surface area contributed by atoms with Crippen LogP contribution in [0.3, 0.4) is 0 Å². The van der Waals surface area contributed by atoms with Crippen LogP contribution in [0.4, 0.5) is 5.69 Å². The van der Waals surface area contributed by atoms with Crippen molar-refractivity contribution < 1.29 is 14.3 Å². The lowest BCUT2D eigenvalue weighted by atomic mass is 10.0. The largest absolute Gasteiger partial charge is 0.453 e. The van der Waals surface area contributed by atoms with E-state index in [0.717, 1.165) is 5.56 Å². The SMILES string of the molecule is O=C1O[C@@H](CC(=O)N2CCN(c3cnn(-c4ccccc4)c(=O)c3Cl)CC2)c2ccccc21. The number of aromatic nitrogens is 2. The minimum atomic E-state index is -0.552. The molecule has 33 heavy (non-hydrogen) atoms. The monoisotopic (exact) mass is 464 g/mol. The summed E-state index contributed by atoms with van der Waals surface area (Å²) in [4.78, 5) is 41.3. The molecule has 0 unspecified atom stereocenters. The van der Waals surface area contributed by atoms with Gasteiger partial charge in [0, 0.05) is 31.7 Å². The number of hydrogen-bond donors (Lipinski definition) is 0. The van der Waals surface area contributed by atoms with Crippen LogP contribution in [0.5, 0.6) is 0 Å². The minimum absolute atomic E-state index is 0.0760. The van der Waals surface area contributed by atoms with Crippen LogP contribution in [-0.2, 0) is 9.53 Å². The third-order valence-electron chi connectivity index (χ3n) is 6.01. The fraction of sp³-hybridized carbons (Fsp3) is 0.250. The van der Waals surface area contributed by atoms with Gasteiger partial charge in [-0.2, -0.15) is 9.78 Å². The second-order valence-corrected chi connectivity index (χ2v) is 8.33. The number of fused-ring (bicyclic) bond motifs is 1. The molecule has 0 aliphatic carbocycles. The quantitative estimate of drug-likeness (QED) is 0.552. The van der Waals surface area contributed by atoms with Gasteiger partial charge in [-0.25, -0.2) is 4.79 Å². The molecule has 0 bridgehead atoms. The van der Waals surface area contributed by atoms with E-state index in [1.807, 2.05) is 35.2 Å². The van der Waals surface area contributed by atoms with E-state index >= 15 is 0 Å². The zero-order valence-electron chi connectivity index (χ0n) is 17.7. The normalized spacial score (nSPS) is 17.6.